The molecule has 100 valence electrons. The molecule has 1 atom stereocenters. The first-order chi connectivity index (χ1) is 9.08. The summed E-state index contributed by atoms with van der Waals surface area (Å²) >= 11 is 7.34. The van der Waals surface area contributed by atoms with Gasteiger partial charge in [-0.3, -0.25) is 10.1 Å². The van der Waals surface area contributed by atoms with Crippen molar-refractivity contribution in [1.82, 2.24) is 10.3 Å². The van der Waals surface area contributed by atoms with E-state index >= 15 is 0 Å². The largest absolute Gasteiger partial charge is 0.304 e. The third-order valence-electron chi connectivity index (χ3n) is 2.64. The molecule has 0 radical (unpaired) electrons. The molecule has 7 heteroatoms. The number of nitrogens with zero attached hydrogens (tertiary/aromatic N) is 2. The van der Waals surface area contributed by atoms with Gasteiger partial charge in [-0.1, -0.05) is 17.7 Å². The SMILES string of the molecule is CC(NCc1ccc(Cl)c([N+](=O)[O-])c1)c1nccs1. The van der Waals surface area contributed by atoms with Gasteiger partial charge in [-0.25, -0.2) is 4.98 Å². The summed E-state index contributed by atoms with van der Waals surface area (Å²) in [6.45, 7) is 2.53. The molecule has 1 heterocycles. The van der Waals surface area contributed by atoms with Gasteiger partial charge in [0.2, 0.25) is 0 Å². The van der Waals surface area contributed by atoms with Crippen LogP contribution in [0.4, 0.5) is 5.69 Å². The summed E-state index contributed by atoms with van der Waals surface area (Å²) in [6.07, 6.45) is 1.76. The molecular weight excluding hydrogens is 286 g/mol. The first-order valence-corrected chi connectivity index (χ1v) is 6.89. The number of nitro groups is 1. The lowest BCUT2D eigenvalue weighted by molar-refractivity contribution is -0.384. The van der Waals surface area contributed by atoms with Crippen molar-refractivity contribution in [2.24, 2.45) is 0 Å². The highest BCUT2D eigenvalue weighted by Gasteiger charge is 2.13. The van der Waals surface area contributed by atoms with Crippen molar-refractivity contribution in [2.45, 2.75) is 19.5 Å². The second-order valence-electron chi connectivity index (χ2n) is 4.02. The number of thiazole rings is 1. The number of nitrogens with one attached hydrogen (secondary N) is 1. The number of hydrogen-bond acceptors (Lipinski definition) is 5. The molecule has 0 spiro atoms. The van der Waals surface area contributed by atoms with Crippen LogP contribution < -0.4 is 5.32 Å². The predicted octanol–water partition coefficient (Wildman–Crippen LogP) is 3.56. The maximum atomic E-state index is 10.8. The van der Waals surface area contributed by atoms with E-state index < -0.39 is 4.92 Å². The molecule has 0 aliphatic rings. The van der Waals surface area contributed by atoms with E-state index in [4.69, 9.17) is 11.6 Å². The topological polar surface area (TPSA) is 68.1 Å². The fourth-order valence-corrected chi connectivity index (χ4v) is 2.47. The Morgan fingerprint density at radius 3 is 3.00 bits per heavy atom. The van der Waals surface area contributed by atoms with Crippen molar-refractivity contribution in [3.05, 3.63) is 55.5 Å². The molecule has 2 aromatic rings. The number of halogens is 1. The average Bonchev–Trinajstić information content (AvgIpc) is 2.91. The Morgan fingerprint density at radius 1 is 1.58 bits per heavy atom. The predicted molar refractivity (Wildman–Crippen MR) is 75.5 cm³/mol. The molecule has 1 aromatic heterocycles. The van der Waals surface area contributed by atoms with Gasteiger partial charge in [-0.2, -0.15) is 0 Å². The maximum Gasteiger partial charge on any atom is 0.288 e. The highest BCUT2D eigenvalue weighted by molar-refractivity contribution is 7.09. The van der Waals surface area contributed by atoms with Gasteiger partial charge in [0.25, 0.3) is 5.69 Å². The third-order valence-corrected chi connectivity index (χ3v) is 3.92. The highest BCUT2D eigenvalue weighted by Crippen LogP contribution is 2.25. The first-order valence-electron chi connectivity index (χ1n) is 5.63. The molecule has 0 aliphatic heterocycles. The Kier molecular flexibility index (Phi) is 4.47. The minimum absolute atomic E-state index is 0.0668. The van der Waals surface area contributed by atoms with Crippen molar-refractivity contribution in [3.8, 4) is 0 Å². The molecule has 1 aromatic carbocycles. The zero-order valence-electron chi connectivity index (χ0n) is 10.2. The Morgan fingerprint density at radius 2 is 2.37 bits per heavy atom. The zero-order chi connectivity index (χ0) is 13.8. The summed E-state index contributed by atoms with van der Waals surface area (Å²) in [6, 6.07) is 4.92. The van der Waals surface area contributed by atoms with Crippen LogP contribution in [0, 0.1) is 10.1 Å². The van der Waals surface area contributed by atoms with Gasteiger partial charge in [0.1, 0.15) is 10.0 Å². The van der Waals surface area contributed by atoms with E-state index in [1.807, 2.05) is 12.3 Å². The molecule has 0 fully saturated rings. The van der Waals surface area contributed by atoms with Crippen LogP contribution in [0.15, 0.2) is 29.8 Å². The molecule has 0 aliphatic carbocycles. The van der Waals surface area contributed by atoms with Crippen molar-refractivity contribution in [3.63, 3.8) is 0 Å². The molecule has 1 unspecified atom stereocenters. The van der Waals surface area contributed by atoms with Gasteiger partial charge < -0.3 is 5.32 Å². The van der Waals surface area contributed by atoms with Crippen LogP contribution in [0.1, 0.15) is 23.5 Å². The van der Waals surface area contributed by atoms with Crippen LogP contribution in [-0.2, 0) is 6.54 Å². The van der Waals surface area contributed by atoms with E-state index in [1.54, 1.807) is 29.7 Å². The van der Waals surface area contributed by atoms with Gasteiger partial charge in [0, 0.05) is 24.2 Å². The standard InChI is InChI=1S/C12H12ClN3O2S/c1-8(12-14-4-5-19-12)15-7-9-2-3-10(13)11(6-9)16(17)18/h2-6,8,15H,7H2,1H3. The summed E-state index contributed by atoms with van der Waals surface area (Å²) in [5, 5.41) is 17.1. The Balaban J connectivity index is 2.04. The van der Waals surface area contributed by atoms with Gasteiger partial charge in [-0.15, -0.1) is 11.3 Å². The smallest absolute Gasteiger partial charge is 0.288 e. The molecule has 0 saturated carbocycles. The van der Waals surface area contributed by atoms with E-state index in [2.05, 4.69) is 10.3 Å². The average molecular weight is 298 g/mol. The number of nitro benzene ring substituents is 1. The summed E-state index contributed by atoms with van der Waals surface area (Å²) < 4.78 is 0. The molecule has 1 N–H and O–H groups in total. The number of aromatic nitrogens is 1. The summed E-state index contributed by atoms with van der Waals surface area (Å²) in [4.78, 5) is 14.5. The normalized spacial score (nSPS) is 12.3. The lowest BCUT2D eigenvalue weighted by Gasteiger charge is -2.11. The second-order valence-corrected chi connectivity index (χ2v) is 5.35. The molecule has 0 amide bonds. The van der Waals surface area contributed by atoms with Gasteiger partial charge in [0.05, 0.1) is 11.0 Å². The van der Waals surface area contributed by atoms with Crippen molar-refractivity contribution >= 4 is 28.6 Å². The van der Waals surface area contributed by atoms with Crippen molar-refractivity contribution in [2.75, 3.05) is 0 Å². The lowest BCUT2D eigenvalue weighted by Crippen LogP contribution is -2.17. The molecule has 19 heavy (non-hydrogen) atoms. The molecule has 2 rings (SSSR count). The molecule has 0 bridgehead atoms. The van der Waals surface area contributed by atoms with E-state index in [0.29, 0.717) is 6.54 Å². The van der Waals surface area contributed by atoms with Crippen molar-refractivity contribution < 1.29 is 4.92 Å². The lowest BCUT2D eigenvalue weighted by atomic mass is 10.2. The minimum Gasteiger partial charge on any atom is -0.304 e. The second kappa shape index (κ2) is 6.10. The van der Waals surface area contributed by atoms with Gasteiger partial charge in [0.15, 0.2) is 0 Å². The Bertz CT molecular complexity index is 574. The van der Waals surface area contributed by atoms with E-state index in [1.165, 1.54) is 6.07 Å². The van der Waals surface area contributed by atoms with Crippen LogP contribution in [0.2, 0.25) is 5.02 Å². The van der Waals surface area contributed by atoms with E-state index in [-0.39, 0.29) is 16.8 Å². The fraction of sp³-hybridized carbons (Fsp3) is 0.250. The zero-order valence-corrected chi connectivity index (χ0v) is 11.7. The maximum absolute atomic E-state index is 10.8. The minimum atomic E-state index is -0.476. The highest BCUT2D eigenvalue weighted by atomic mass is 35.5. The Labute approximate surface area is 119 Å². The van der Waals surface area contributed by atoms with Gasteiger partial charge in [-0.05, 0) is 18.6 Å². The molecular formula is C12H12ClN3O2S. The first kappa shape index (κ1) is 13.9. The van der Waals surface area contributed by atoms with Crippen LogP contribution in [0.25, 0.3) is 0 Å². The van der Waals surface area contributed by atoms with Gasteiger partial charge >= 0.3 is 0 Å². The fourth-order valence-electron chi connectivity index (χ4n) is 1.61. The van der Waals surface area contributed by atoms with E-state index in [0.717, 1.165) is 10.6 Å². The van der Waals surface area contributed by atoms with Crippen LogP contribution in [0.5, 0.6) is 0 Å². The molecule has 0 saturated heterocycles. The van der Waals surface area contributed by atoms with Crippen LogP contribution >= 0.6 is 22.9 Å². The summed E-state index contributed by atoms with van der Waals surface area (Å²) in [5.74, 6) is 0. The Hall–Kier alpha value is -1.50. The van der Waals surface area contributed by atoms with Crippen LogP contribution in [0.3, 0.4) is 0 Å². The summed E-state index contributed by atoms with van der Waals surface area (Å²) in [7, 11) is 0. The van der Waals surface area contributed by atoms with Crippen molar-refractivity contribution in [1.29, 1.82) is 0 Å². The monoisotopic (exact) mass is 297 g/mol. The molecule has 5 nitrogen and oxygen atoms in total. The number of hydrogen-bond donors (Lipinski definition) is 1. The third kappa shape index (κ3) is 3.50. The van der Waals surface area contributed by atoms with E-state index in [9.17, 15) is 10.1 Å². The summed E-state index contributed by atoms with van der Waals surface area (Å²) in [5.41, 5.74) is 0.752. The quantitative estimate of drug-likeness (QED) is 0.677. The number of rotatable bonds is 5. The number of benzene rings is 1. The van der Waals surface area contributed by atoms with Crippen LogP contribution in [-0.4, -0.2) is 9.91 Å².